The van der Waals surface area contributed by atoms with Crippen molar-refractivity contribution in [1.82, 2.24) is 0 Å². The Morgan fingerprint density at radius 1 is 1.40 bits per heavy atom. The van der Waals surface area contributed by atoms with Gasteiger partial charge in [0, 0.05) is 12.1 Å². The third-order valence-corrected chi connectivity index (χ3v) is 1.70. The maximum atomic E-state index is 10.3. The minimum Gasteiger partial charge on any atom is -0.491 e. The third-order valence-electron chi connectivity index (χ3n) is 1.70. The van der Waals surface area contributed by atoms with Crippen molar-refractivity contribution in [1.29, 1.82) is 0 Å². The summed E-state index contributed by atoms with van der Waals surface area (Å²) < 4.78 is 5.06. The number of ether oxygens (including phenoxy) is 1. The van der Waals surface area contributed by atoms with E-state index in [9.17, 15) is 10.1 Å². The topological polar surface area (TPSA) is 92.8 Å². The molecule has 0 aliphatic rings. The molecule has 0 heterocycles. The number of hydrogen-bond acceptors (Lipinski definition) is 5. The Bertz CT molecular complexity index is 324. The van der Waals surface area contributed by atoms with Crippen molar-refractivity contribution >= 4 is 5.69 Å². The summed E-state index contributed by atoms with van der Waals surface area (Å²) in [5.74, 6) is 0.410. The molecule has 15 heavy (non-hydrogen) atoms. The summed E-state index contributed by atoms with van der Waals surface area (Å²) >= 11 is 0. The lowest BCUT2D eigenvalue weighted by atomic mass is 10.3. The van der Waals surface area contributed by atoms with Crippen molar-refractivity contribution in [2.45, 2.75) is 6.10 Å². The summed E-state index contributed by atoms with van der Waals surface area (Å²) in [5, 5.41) is 27.8. The van der Waals surface area contributed by atoms with Crippen molar-refractivity contribution < 1.29 is 19.9 Å². The molecule has 0 aliphatic heterocycles. The van der Waals surface area contributed by atoms with E-state index >= 15 is 0 Å². The molecule has 1 rings (SSSR count). The monoisotopic (exact) mass is 213 g/mol. The quantitative estimate of drug-likeness (QED) is 0.543. The molecular formula is C9H11NO5. The van der Waals surface area contributed by atoms with Crippen LogP contribution in [0.25, 0.3) is 0 Å². The average molecular weight is 213 g/mol. The van der Waals surface area contributed by atoms with Gasteiger partial charge in [-0.2, -0.15) is 0 Å². The summed E-state index contributed by atoms with van der Waals surface area (Å²) in [5.41, 5.74) is -0.0231. The Balaban J connectivity index is 2.53. The summed E-state index contributed by atoms with van der Waals surface area (Å²) in [6.07, 6.45) is -0.944. The number of rotatable bonds is 5. The van der Waals surface area contributed by atoms with E-state index in [4.69, 9.17) is 14.9 Å². The number of hydrogen-bond donors (Lipinski definition) is 2. The second-order valence-electron chi connectivity index (χ2n) is 2.90. The first-order valence-corrected chi connectivity index (χ1v) is 4.29. The van der Waals surface area contributed by atoms with E-state index in [0.717, 1.165) is 0 Å². The SMILES string of the molecule is O=[N+]([O-])c1ccc(OC[C@@H](O)CO)cc1. The summed E-state index contributed by atoms with van der Waals surface area (Å²) in [6.45, 7) is -0.429. The summed E-state index contributed by atoms with van der Waals surface area (Å²) in [4.78, 5) is 9.81. The zero-order chi connectivity index (χ0) is 11.3. The number of nitro benzene ring substituents is 1. The van der Waals surface area contributed by atoms with Gasteiger partial charge in [-0.3, -0.25) is 10.1 Å². The standard InChI is InChI=1S/C9H11NO5/c11-5-8(12)6-15-9-3-1-7(2-4-9)10(13)14/h1-4,8,11-12H,5-6H2/t8-/m0/s1. The van der Waals surface area contributed by atoms with Crippen LogP contribution in [-0.4, -0.2) is 34.5 Å². The van der Waals surface area contributed by atoms with Crippen LogP contribution in [0.5, 0.6) is 5.75 Å². The molecule has 6 nitrogen and oxygen atoms in total. The van der Waals surface area contributed by atoms with E-state index < -0.39 is 11.0 Å². The van der Waals surface area contributed by atoms with Gasteiger partial charge in [0.05, 0.1) is 11.5 Å². The van der Waals surface area contributed by atoms with Gasteiger partial charge in [-0.1, -0.05) is 0 Å². The smallest absolute Gasteiger partial charge is 0.269 e. The van der Waals surface area contributed by atoms with Gasteiger partial charge in [-0.25, -0.2) is 0 Å². The zero-order valence-corrected chi connectivity index (χ0v) is 7.87. The van der Waals surface area contributed by atoms with Crippen LogP contribution < -0.4 is 4.74 Å². The van der Waals surface area contributed by atoms with Crippen LogP contribution in [0, 0.1) is 10.1 Å². The predicted octanol–water partition coefficient (Wildman–Crippen LogP) is 0.327. The number of non-ortho nitro benzene ring substituents is 1. The van der Waals surface area contributed by atoms with Crippen molar-refractivity contribution in [3.05, 3.63) is 34.4 Å². The van der Waals surface area contributed by atoms with Crippen LogP contribution in [0.2, 0.25) is 0 Å². The first-order valence-electron chi connectivity index (χ1n) is 4.29. The molecular weight excluding hydrogens is 202 g/mol. The number of aliphatic hydroxyl groups excluding tert-OH is 2. The number of nitrogens with zero attached hydrogens (tertiary/aromatic N) is 1. The fraction of sp³-hybridized carbons (Fsp3) is 0.333. The number of nitro groups is 1. The average Bonchev–Trinajstić information content (AvgIpc) is 2.26. The molecule has 0 amide bonds. The number of benzene rings is 1. The molecule has 1 aromatic rings. The zero-order valence-electron chi connectivity index (χ0n) is 7.87. The first-order chi connectivity index (χ1) is 7.13. The van der Waals surface area contributed by atoms with Crippen LogP contribution in [0.4, 0.5) is 5.69 Å². The van der Waals surface area contributed by atoms with E-state index in [2.05, 4.69) is 0 Å². The molecule has 2 N–H and O–H groups in total. The third kappa shape index (κ3) is 3.53. The summed E-state index contributed by atoms with van der Waals surface area (Å²) in [7, 11) is 0. The van der Waals surface area contributed by atoms with Crippen molar-refractivity contribution in [3.63, 3.8) is 0 Å². The maximum absolute atomic E-state index is 10.3. The fourth-order valence-electron chi connectivity index (χ4n) is 0.909. The van der Waals surface area contributed by atoms with E-state index in [1.54, 1.807) is 0 Å². The fourth-order valence-corrected chi connectivity index (χ4v) is 0.909. The van der Waals surface area contributed by atoms with E-state index in [-0.39, 0.29) is 18.9 Å². The van der Waals surface area contributed by atoms with Crippen LogP contribution in [0.1, 0.15) is 0 Å². The second-order valence-corrected chi connectivity index (χ2v) is 2.90. The molecule has 0 aliphatic carbocycles. The van der Waals surface area contributed by atoms with Gasteiger partial charge in [0.2, 0.25) is 0 Å². The molecule has 0 saturated carbocycles. The van der Waals surface area contributed by atoms with Gasteiger partial charge in [0.25, 0.3) is 5.69 Å². The molecule has 0 unspecified atom stereocenters. The Hall–Kier alpha value is -1.66. The second kappa shape index (κ2) is 5.28. The van der Waals surface area contributed by atoms with Gasteiger partial charge < -0.3 is 14.9 Å². The van der Waals surface area contributed by atoms with E-state index in [1.165, 1.54) is 24.3 Å². The highest BCUT2D eigenvalue weighted by Crippen LogP contribution is 2.17. The molecule has 1 aromatic carbocycles. The highest BCUT2D eigenvalue weighted by Gasteiger charge is 2.06. The van der Waals surface area contributed by atoms with Gasteiger partial charge in [-0.15, -0.1) is 0 Å². The lowest BCUT2D eigenvalue weighted by molar-refractivity contribution is -0.384. The van der Waals surface area contributed by atoms with Crippen molar-refractivity contribution in [2.24, 2.45) is 0 Å². The molecule has 0 aromatic heterocycles. The van der Waals surface area contributed by atoms with Crippen LogP contribution in [-0.2, 0) is 0 Å². The van der Waals surface area contributed by atoms with Gasteiger partial charge >= 0.3 is 0 Å². The lowest BCUT2D eigenvalue weighted by Gasteiger charge is -2.09. The minimum atomic E-state index is -0.944. The van der Waals surface area contributed by atoms with Crippen molar-refractivity contribution in [2.75, 3.05) is 13.2 Å². The van der Waals surface area contributed by atoms with Crippen LogP contribution in [0.3, 0.4) is 0 Å². The molecule has 0 saturated heterocycles. The Labute approximate surface area is 85.9 Å². The summed E-state index contributed by atoms with van der Waals surface area (Å²) in [6, 6.07) is 5.48. The highest BCUT2D eigenvalue weighted by atomic mass is 16.6. The normalized spacial score (nSPS) is 12.1. The Morgan fingerprint density at radius 3 is 2.47 bits per heavy atom. The van der Waals surface area contributed by atoms with Crippen LogP contribution >= 0.6 is 0 Å². The van der Waals surface area contributed by atoms with Crippen molar-refractivity contribution in [3.8, 4) is 5.75 Å². The highest BCUT2D eigenvalue weighted by molar-refractivity contribution is 5.35. The van der Waals surface area contributed by atoms with E-state index in [1.807, 2.05) is 0 Å². The van der Waals surface area contributed by atoms with Gasteiger partial charge in [-0.05, 0) is 12.1 Å². The molecule has 0 bridgehead atoms. The molecule has 0 fully saturated rings. The maximum Gasteiger partial charge on any atom is 0.269 e. The molecule has 0 spiro atoms. The molecule has 0 radical (unpaired) electrons. The molecule has 1 atom stereocenters. The predicted molar refractivity (Wildman–Crippen MR) is 51.7 cm³/mol. The minimum absolute atomic E-state index is 0.0231. The molecule has 82 valence electrons. The van der Waals surface area contributed by atoms with Gasteiger partial charge in [0.15, 0.2) is 0 Å². The Kier molecular flexibility index (Phi) is 4.02. The number of aliphatic hydroxyl groups is 2. The van der Waals surface area contributed by atoms with Gasteiger partial charge in [0.1, 0.15) is 18.5 Å². The largest absolute Gasteiger partial charge is 0.491 e. The Morgan fingerprint density at radius 2 is 2.00 bits per heavy atom. The van der Waals surface area contributed by atoms with E-state index in [0.29, 0.717) is 5.75 Å². The molecule has 6 heteroatoms. The first kappa shape index (κ1) is 11.4. The lowest BCUT2D eigenvalue weighted by Crippen LogP contribution is -2.21. The van der Waals surface area contributed by atoms with Crippen LogP contribution in [0.15, 0.2) is 24.3 Å².